The van der Waals surface area contributed by atoms with Crippen molar-refractivity contribution in [1.82, 2.24) is 4.98 Å². The molecule has 1 heterocycles. The molecular weight excluding hydrogens is 378 g/mol. The van der Waals surface area contributed by atoms with Crippen LogP contribution in [-0.2, 0) is 0 Å². The minimum Gasteiger partial charge on any atom is -0.378 e. The van der Waals surface area contributed by atoms with Gasteiger partial charge in [0.2, 0.25) is 0 Å². The van der Waals surface area contributed by atoms with Crippen LogP contribution in [-0.4, -0.2) is 30.9 Å². The minimum absolute atomic E-state index is 0.0109. The first-order valence-corrected chi connectivity index (χ1v) is 8.64. The Morgan fingerprint density at radius 1 is 0.862 bits per heavy atom. The van der Waals surface area contributed by atoms with Gasteiger partial charge >= 0.3 is 0 Å². The molecule has 6 nitrogen and oxygen atoms in total. The van der Waals surface area contributed by atoms with Gasteiger partial charge in [-0.05, 0) is 42.5 Å². The van der Waals surface area contributed by atoms with Gasteiger partial charge in [0.15, 0.2) is 0 Å². The van der Waals surface area contributed by atoms with Crippen LogP contribution in [0.4, 0.5) is 25.8 Å². The van der Waals surface area contributed by atoms with Crippen LogP contribution in [0.15, 0.2) is 60.9 Å². The van der Waals surface area contributed by atoms with Crippen molar-refractivity contribution < 1.29 is 18.4 Å². The molecule has 0 aliphatic heterocycles. The van der Waals surface area contributed by atoms with Crippen LogP contribution in [0.25, 0.3) is 0 Å². The number of carbonyl (C=O) groups excluding carboxylic acids is 2. The summed E-state index contributed by atoms with van der Waals surface area (Å²) in [4.78, 5) is 30.6. The largest absolute Gasteiger partial charge is 0.378 e. The molecule has 0 spiro atoms. The smallest absolute Gasteiger partial charge is 0.257 e. The van der Waals surface area contributed by atoms with E-state index in [1.165, 1.54) is 24.5 Å². The molecule has 0 saturated carbocycles. The predicted octanol–water partition coefficient (Wildman–Crippen LogP) is 3.93. The van der Waals surface area contributed by atoms with Crippen molar-refractivity contribution in [2.75, 3.05) is 29.6 Å². The van der Waals surface area contributed by atoms with Gasteiger partial charge in [-0.15, -0.1) is 0 Å². The number of para-hydroxylation sites is 1. The van der Waals surface area contributed by atoms with E-state index in [9.17, 15) is 18.4 Å². The number of halogens is 2. The molecule has 2 amide bonds. The number of nitrogens with zero attached hydrogens (tertiary/aromatic N) is 2. The van der Waals surface area contributed by atoms with Gasteiger partial charge in [0.05, 0.1) is 11.1 Å². The molecule has 0 unspecified atom stereocenters. The molecule has 29 heavy (non-hydrogen) atoms. The zero-order valence-corrected chi connectivity index (χ0v) is 15.7. The number of anilines is 3. The normalized spacial score (nSPS) is 10.3. The molecule has 3 aromatic rings. The summed E-state index contributed by atoms with van der Waals surface area (Å²) in [6.45, 7) is 0. The number of benzene rings is 2. The van der Waals surface area contributed by atoms with Crippen LogP contribution in [0.5, 0.6) is 0 Å². The lowest BCUT2D eigenvalue weighted by atomic mass is 10.1. The maximum absolute atomic E-state index is 13.7. The Balaban J connectivity index is 1.74. The first-order chi connectivity index (χ1) is 13.8. The Labute approximate surface area is 166 Å². The third kappa shape index (κ3) is 4.73. The number of aromatic nitrogens is 1. The lowest BCUT2D eigenvalue weighted by Crippen LogP contribution is -2.17. The fourth-order valence-electron chi connectivity index (χ4n) is 2.54. The fourth-order valence-corrected chi connectivity index (χ4v) is 2.54. The molecule has 2 aromatic carbocycles. The summed E-state index contributed by atoms with van der Waals surface area (Å²) in [7, 11) is 3.81. The summed E-state index contributed by atoms with van der Waals surface area (Å²) in [6, 6.07) is 11.7. The molecule has 0 radical (unpaired) electrons. The summed E-state index contributed by atoms with van der Waals surface area (Å²) in [5, 5.41) is 4.87. The number of pyridine rings is 1. The van der Waals surface area contributed by atoms with Gasteiger partial charge in [-0.2, -0.15) is 0 Å². The SMILES string of the molecule is CN(C)c1ccc(NC(=O)c2cncc(C(=O)Nc3c(F)cccc3F)c2)cc1. The van der Waals surface area contributed by atoms with E-state index in [4.69, 9.17) is 0 Å². The van der Waals surface area contributed by atoms with Crippen molar-refractivity contribution in [2.45, 2.75) is 0 Å². The van der Waals surface area contributed by atoms with E-state index < -0.39 is 29.1 Å². The Bertz CT molecular complexity index is 1030. The van der Waals surface area contributed by atoms with Crippen molar-refractivity contribution >= 4 is 28.9 Å². The van der Waals surface area contributed by atoms with Crippen LogP contribution in [0.2, 0.25) is 0 Å². The van der Waals surface area contributed by atoms with Gasteiger partial charge in [0.25, 0.3) is 11.8 Å². The standard InChI is InChI=1S/C21H18F2N4O2/c1-27(2)16-8-6-15(7-9-16)25-20(28)13-10-14(12-24-11-13)21(29)26-19-17(22)4-3-5-18(19)23/h3-12H,1-2H3,(H,25,28)(H,26,29). The molecule has 0 aliphatic carbocycles. The quantitative estimate of drug-likeness (QED) is 0.685. The summed E-state index contributed by atoms with van der Waals surface area (Å²) < 4.78 is 27.4. The first kappa shape index (κ1) is 19.9. The zero-order chi connectivity index (χ0) is 21.0. The van der Waals surface area contributed by atoms with E-state index in [0.717, 1.165) is 17.8 Å². The van der Waals surface area contributed by atoms with Crippen LogP contribution in [0, 0.1) is 11.6 Å². The number of nitrogens with one attached hydrogen (secondary N) is 2. The van der Waals surface area contributed by atoms with Crippen LogP contribution < -0.4 is 15.5 Å². The predicted molar refractivity (Wildman–Crippen MR) is 107 cm³/mol. The average Bonchev–Trinajstić information content (AvgIpc) is 2.71. The van der Waals surface area contributed by atoms with E-state index in [1.54, 1.807) is 12.1 Å². The lowest BCUT2D eigenvalue weighted by Gasteiger charge is -2.13. The lowest BCUT2D eigenvalue weighted by molar-refractivity contribution is 0.102. The summed E-state index contributed by atoms with van der Waals surface area (Å²) in [5.74, 6) is -3.06. The van der Waals surface area contributed by atoms with Gasteiger partial charge in [-0.3, -0.25) is 14.6 Å². The number of amides is 2. The van der Waals surface area contributed by atoms with Gasteiger partial charge in [-0.25, -0.2) is 8.78 Å². The maximum Gasteiger partial charge on any atom is 0.257 e. The summed E-state index contributed by atoms with van der Waals surface area (Å²) in [5.41, 5.74) is 1.10. The van der Waals surface area contributed by atoms with Crippen LogP contribution >= 0.6 is 0 Å². The number of hydrogen-bond donors (Lipinski definition) is 2. The van der Waals surface area contributed by atoms with Crippen molar-refractivity contribution in [1.29, 1.82) is 0 Å². The third-order valence-electron chi connectivity index (χ3n) is 4.11. The maximum atomic E-state index is 13.7. The van der Waals surface area contributed by atoms with E-state index in [0.29, 0.717) is 5.69 Å². The van der Waals surface area contributed by atoms with Crippen LogP contribution in [0.1, 0.15) is 20.7 Å². The number of carbonyl (C=O) groups is 2. The molecule has 148 valence electrons. The second-order valence-corrected chi connectivity index (χ2v) is 6.41. The zero-order valence-electron chi connectivity index (χ0n) is 15.7. The van der Waals surface area contributed by atoms with Gasteiger partial charge in [0.1, 0.15) is 17.3 Å². The highest BCUT2D eigenvalue weighted by atomic mass is 19.1. The van der Waals surface area contributed by atoms with E-state index in [-0.39, 0.29) is 11.1 Å². The van der Waals surface area contributed by atoms with Crippen molar-refractivity contribution in [3.8, 4) is 0 Å². The Morgan fingerprint density at radius 2 is 1.41 bits per heavy atom. The van der Waals surface area contributed by atoms with Crippen LogP contribution in [0.3, 0.4) is 0 Å². The molecule has 0 saturated heterocycles. The number of hydrogen-bond acceptors (Lipinski definition) is 4. The molecule has 0 fully saturated rings. The molecule has 8 heteroatoms. The van der Waals surface area contributed by atoms with E-state index >= 15 is 0 Å². The Hall–Kier alpha value is -3.81. The van der Waals surface area contributed by atoms with Crippen molar-refractivity contribution in [3.05, 3.63) is 83.7 Å². The highest BCUT2D eigenvalue weighted by molar-refractivity contribution is 6.08. The second-order valence-electron chi connectivity index (χ2n) is 6.41. The first-order valence-electron chi connectivity index (χ1n) is 8.64. The Morgan fingerprint density at radius 3 is 1.97 bits per heavy atom. The fraction of sp³-hybridized carbons (Fsp3) is 0.0952. The Kier molecular flexibility index (Phi) is 5.82. The van der Waals surface area contributed by atoms with Crippen molar-refractivity contribution in [3.63, 3.8) is 0 Å². The molecule has 0 atom stereocenters. The molecule has 1 aromatic heterocycles. The highest BCUT2D eigenvalue weighted by Gasteiger charge is 2.16. The van der Waals surface area contributed by atoms with Crippen molar-refractivity contribution in [2.24, 2.45) is 0 Å². The van der Waals surface area contributed by atoms with Gasteiger partial charge in [-0.1, -0.05) is 6.07 Å². The molecule has 3 rings (SSSR count). The molecule has 0 aliphatic rings. The van der Waals surface area contributed by atoms with E-state index in [2.05, 4.69) is 15.6 Å². The number of rotatable bonds is 5. The molecule has 2 N–H and O–H groups in total. The summed E-state index contributed by atoms with van der Waals surface area (Å²) in [6.07, 6.45) is 2.50. The highest BCUT2D eigenvalue weighted by Crippen LogP contribution is 2.20. The van der Waals surface area contributed by atoms with Gasteiger partial charge < -0.3 is 15.5 Å². The molecule has 0 bridgehead atoms. The van der Waals surface area contributed by atoms with E-state index in [1.807, 2.05) is 31.1 Å². The third-order valence-corrected chi connectivity index (χ3v) is 4.11. The average molecular weight is 396 g/mol. The molecular formula is C21H18F2N4O2. The second kappa shape index (κ2) is 8.47. The topological polar surface area (TPSA) is 74.3 Å². The summed E-state index contributed by atoms with van der Waals surface area (Å²) >= 11 is 0. The van der Waals surface area contributed by atoms with Gasteiger partial charge in [0, 0.05) is 37.9 Å². The minimum atomic E-state index is -0.902. The monoisotopic (exact) mass is 396 g/mol.